The van der Waals surface area contributed by atoms with Gasteiger partial charge in [-0.1, -0.05) is 30.3 Å². The summed E-state index contributed by atoms with van der Waals surface area (Å²) in [5.41, 5.74) is 7.29. The monoisotopic (exact) mass is 400 g/mol. The van der Waals surface area contributed by atoms with E-state index in [4.69, 9.17) is 5.73 Å². The van der Waals surface area contributed by atoms with Gasteiger partial charge in [0.25, 0.3) is 0 Å². The molecule has 1 saturated carbocycles. The summed E-state index contributed by atoms with van der Waals surface area (Å²) in [5.74, 6) is 0.624. The van der Waals surface area contributed by atoms with Crippen LogP contribution in [0, 0.1) is 0 Å². The van der Waals surface area contributed by atoms with Crippen LogP contribution < -0.4 is 11.1 Å². The molecule has 3 N–H and O–H groups in total. The van der Waals surface area contributed by atoms with Gasteiger partial charge in [0.15, 0.2) is 5.96 Å². The molecule has 0 aromatic heterocycles. The van der Waals surface area contributed by atoms with Gasteiger partial charge in [-0.05, 0) is 37.8 Å². The Hall–Kier alpha value is -0.820. The SMILES string of the molecule is I.NC(=NCC1CCCN1Cc1ccccc1)NC1CC1. The van der Waals surface area contributed by atoms with Crippen molar-refractivity contribution in [3.8, 4) is 0 Å². The van der Waals surface area contributed by atoms with Crippen LogP contribution in [0.15, 0.2) is 35.3 Å². The summed E-state index contributed by atoms with van der Waals surface area (Å²) >= 11 is 0. The van der Waals surface area contributed by atoms with Crippen molar-refractivity contribution < 1.29 is 0 Å². The van der Waals surface area contributed by atoms with Crippen molar-refractivity contribution in [2.75, 3.05) is 13.1 Å². The molecular formula is C16H25IN4. The lowest BCUT2D eigenvalue weighted by atomic mass is 10.2. The van der Waals surface area contributed by atoms with Crippen molar-refractivity contribution in [2.24, 2.45) is 10.7 Å². The number of likely N-dealkylation sites (tertiary alicyclic amines) is 1. The molecule has 1 heterocycles. The molecule has 1 aromatic carbocycles. The van der Waals surface area contributed by atoms with Crippen LogP contribution in [-0.2, 0) is 6.54 Å². The smallest absolute Gasteiger partial charge is 0.188 e. The molecule has 0 bridgehead atoms. The first kappa shape index (κ1) is 16.5. The van der Waals surface area contributed by atoms with Gasteiger partial charge in [0.2, 0.25) is 0 Å². The van der Waals surface area contributed by atoms with Crippen molar-refractivity contribution in [3.05, 3.63) is 35.9 Å². The predicted octanol–water partition coefficient (Wildman–Crippen LogP) is 2.34. The maximum Gasteiger partial charge on any atom is 0.188 e. The Morgan fingerprint density at radius 3 is 2.71 bits per heavy atom. The number of benzene rings is 1. The second-order valence-electron chi connectivity index (χ2n) is 5.90. The van der Waals surface area contributed by atoms with Crippen LogP contribution in [0.25, 0.3) is 0 Å². The Labute approximate surface area is 144 Å². The van der Waals surface area contributed by atoms with Crippen molar-refractivity contribution >= 4 is 29.9 Å². The first-order valence-corrected chi connectivity index (χ1v) is 7.66. The average molecular weight is 400 g/mol. The fraction of sp³-hybridized carbons (Fsp3) is 0.562. The molecule has 2 aliphatic rings. The van der Waals surface area contributed by atoms with E-state index < -0.39 is 0 Å². The number of hydrogen-bond acceptors (Lipinski definition) is 2. The number of aliphatic imine (C=N–C) groups is 1. The van der Waals surface area contributed by atoms with E-state index in [1.165, 1.54) is 37.8 Å². The van der Waals surface area contributed by atoms with E-state index in [2.05, 4.69) is 45.5 Å². The standard InChI is InChI=1S/C16H24N4.HI/c17-16(19-14-8-9-14)18-11-15-7-4-10-20(15)12-13-5-2-1-3-6-13;/h1-3,5-6,14-15H,4,7-12H2,(H3,17,18,19);1H. The number of hydrogen-bond donors (Lipinski definition) is 2. The number of nitrogens with one attached hydrogen (secondary N) is 1. The third-order valence-electron chi connectivity index (χ3n) is 4.13. The van der Waals surface area contributed by atoms with Crippen LogP contribution in [0.4, 0.5) is 0 Å². The maximum absolute atomic E-state index is 5.91. The average Bonchev–Trinajstić information content (AvgIpc) is 3.16. The lowest BCUT2D eigenvalue weighted by Gasteiger charge is -2.23. The van der Waals surface area contributed by atoms with Crippen LogP contribution in [-0.4, -0.2) is 36.0 Å². The summed E-state index contributed by atoms with van der Waals surface area (Å²) < 4.78 is 0. The minimum atomic E-state index is 0. The summed E-state index contributed by atoms with van der Waals surface area (Å²) in [6.07, 6.45) is 4.97. The Morgan fingerprint density at radius 1 is 1.24 bits per heavy atom. The first-order chi connectivity index (χ1) is 9.81. The maximum atomic E-state index is 5.91. The molecule has 0 radical (unpaired) electrons. The zero-order valence-corrected chi connectivity index (χ0v) is 14.7. The largest absolute Gasteiger partial charge is 0.370 e. The van der Waals surface area contributed by atoms with E-state index in [0.717, 1.165) is 13.1 Å². The normalized spacial score (nSPS) is 22.9. The summed E-state index contributed by atoms with van der Waals surface area (Å²) in [4.78, 5) is 7.05. The van der Waals surface area contributed by atoms with E-state index in [1.807, 2.05) is 0 Å². The van der Waals surface area contributed by atoms with E-state index in [-0.39, 0.29) is 24.0 Å². The quantitative estimate of drug-likeness (QED) is 0.453. The van der Waals surface area contributed by atoms with E-state index >= 15 is 0 Å². The molecule has 1 atom stereocenters. The molecule has 1 saturated heterocycles. The van der Waals surface area contributed by atoms with Crippen molar-refractivity contribution in [1.82, 2.24) is 10.2 Å². The van der Waals surface area contributed by atoms with Gasteiger partial charge in [-0.25, -0.2) is 0 Å². The molecule has 1 unspecified atom stereocenters. The topological polar surface area (TPSA) is 53.6 Å². The number of rotatable bonds is 5. The van der Waals surface area contributed by atoms with E-state index in [9.17, 15) is 0 Å². The van der Waals surface area contributed by atoms with Crippen LogP contribution >= 0.6 is 24.0 Å². The van der Waals surface area contributed by atoms with E-state index in [0.29, 0.717) is 18.0 Å². The molecule has 0 spiro atoms. The molecule has 116 valence electrons. The van der Waals surface area contributed by atoms with Gasteiger partial charge in [-0.3, -0.25) is 9.89 Å². The number of nitrogens with zero attached hydrogens (tertiary/aromatic N) is 2. The van der Waals surface area contributed by atoms with Crippen molar-refractivity contribution in [2.45, 2.75) is 44.3 Å². The Bertz CT molecular complexity index is 459. The van der Waals surface area contributed by atoms with Crippen LogP contribution in [0.1, 0.15) is 31.2 Å². The highest BCUT2D eigenvalue weighted by Crippen LogP contribution is 2.21. The van der Waals surface area contributed by atoms with Crippen LogP contribution in [0.3, 0.4) is 0 Å². The van der Waals surface area contributed by atoms with Crippen molar-refractivity contribution in [1.29, 1.82) is 0 Å². The highest BCUT2D eigenvalue weighted by Gasteiger charge is 2.25. The van der Waals surface area contributed by atoms with Gasteiger partial charge >= 0.3 is 0 Å². The van der Waals surface area contributed by atoms with Gasteiger partial charge in [0.1, 0.15) is 0 Å². The second kappa shape index (κ2) is 7.98. The van der Waals surface area contributed by atoms with Gasteiger partial charge in [-0.2, -0.15) is 0 Å². The zero-order valence-electron chi connectivity index (χ0n) is 12.4. The van der Waals surface area contributed by atoms with E-state index in [1.54, 1.807) is 0 Å². The molecule has 0 amide bonds. The minimum Gasteiger partial charge on any atom is -0.370 e. The fourth-order valence-electron chi connectivity index (χ4n) is 2.81. The zero-order chi connectivity index (χ0) is 13.8. The summed E-state index contributed by atoms with van der Waals surface area (Å²) in [5, 5.41) is 3.25. The molecule has 21 heavy (non-hydrogen) atoms. The minimum absolute atomic E-state index is 0. The third-order valence-corrected chi connectivity index (χ3v) is 4.13. The number of halogens is 1. The summed E-state index contributed by atoms with van der Waals surface area (Å²) in [7, 11) is 0. The number of guanidine groups is 1. The molecular weight excluding hydrogens is 375 g/mol. The third kappa shape index (κ3) is 5.14. The lowest BCUT2D eigenvalue weighted by molar-refractivity contribution is 0.250. The molecule has 5 heteroatoms. The van der Waals surface area contributed by atoms with Gasteiger partial charge < -0.3 is 11.1 Å². The number of nitrogens with two attached hydrogens (primary N) is 1. The van der Waals surface area contributed by atoms with Gasteiger partial charge in [-0.15, -0.1) is 24.0 Å². The summed E-state index contributed by atoms with van der Waals surface area (Å²) in [6.45, 7) is 3.01. The van der Waals surface area contributed by atoms with Crippen molar-refractivity contribution in [3.63, 3.8) is 0 Å². The molecule has 3 rings (SSSR count). The molecule has 2 fully saturated rings. The Balaban J connectivity index is 0.00000161. The highest BCUT2D eigenvalue weighted by atomic mass is 127. The Kier molecular flexibility index (Phi) is 6.29. The molecule has 4 nitrogen and oxygen atoms in total. The first-order valence-electron chi connectivity index (χ1n) is 7.66. The second-order valence-corrected chi connectivity index (χ2v) is 5.90. The molecule has 1 aliphatic carbocycles. The predicted molar refractivity (Wildman–Crippen MR) is 97.9 cm³/mol. The Morgan fingerprint density at radius 2 is 2.00 bits per heavy atom. The molecule has 1 aliphatic heterocycles. The molecule has 1 aromatic rings. The fourth-order valence-corrected chi connectivity index (χ4v) is 2.81. The van der Waals surface area contributed by atoms with Gasteiger partial charge in [0.05, 0.1) is 6.54 Å². The highest BCUT2D eigenvalue weighted by molar-refractivity contribution is 14.0. The lowest BCUT2D eigenvalue weighted by Crippen LogP contribution is -2.36. The van der Waals surface area contributed by atoms with Crippen LogP contribution in [0.2, 0.25) is 0 Å². The van der Waals surface area contributed by atoms with Gasteiger partial charge in [0, 0.05) is 18.6 Å². The summed E-state index contributed by atoms with van der Waals surface area (Å²) in [6, 6.07) is 11.8. The van der Waals surface area contributed by atoms with Crippen LogP contribution in [0.5, 0.6) is 0 Å².